The highest BCUT2D eigenvalue weighted by Crippen LogP contribution is 2.20. The summed E-state index contributed by atoms with van der Waals surface area (Å²) in [4.78, 5) is 28.4. The Balaban J connectivity index is 1.47. The molecule has 2 amide bonds. The number of halogens is 1. The van der Waals surface area contributed by atoms with Gasteiger partial charge in [-0.15, -0.1) is 0 Å². The van der Waals surface area contributed by atoms with Crippen molar-refractivity contribution in [3.8, 4) is 0 Å². The number of amides is 2. The van der Waals surface area contributed by atoms with Gasteiger partial charge in [-0.1, -0.05) is 37.6 Å². The number of rotatable bonds is 5. The van der Waals surface area contributed by atoms with Crippen LogP contribution < -0.4 is 15.5 Å². The summed E-state index contributed by atoms with van der Waals surface area (Å²) >= 11 is 11.1. The van der Waals surface area contributed by atoms with E-state index in [9.17, 15) is 9.59 Å². The van der Waals surface area contributed by atoms with Crippen molar-refractivity contribution in [2.24, 2.45) is 5.92 Å². The Kier molecular flexibility index (Phi) is 8.25. The van der Waals surface area contributed by atoms with Gasteiger partial charge in [-0.3, -0.25) is 14.9 Å². The molecule has 0 radical (unpaired) electrons. The van der Waals surface area contributed by atoms with Crippen molar-refractivity contribution in [3.63, 3.8) is 0 Å². The number of nitrogens with zero attached hydrogens (tertiary/aromatic N) is 2. The second kappa shape index (κ2) is 11.1. The lowest BCUT2D eigenvalue weighted by atomic mass is 10.1. The maximum Gasteiger partial charge on any atom is 0.250 e. The quantitative estimate of drug-likeness (QED) is 0.507. The van der Waals surface area contributed by atoms with Crippen LogP contribution in [0.25, 0.3) is 6.08 Å². The van der Waals surface area contributed by atoms with E-state index in [4.69, 9.17) is 23.8 Å². The van der Waals surface area contributed by atoms with E-state index in [0.29, 0.717) is 5.02 Å². The molecule has 0 aromatic heterocycles. The Morgan fingerprint density at radius 1 is 1.00 bits per heavy atom. The first-order valence-corrected chi connectivity index (χ1v) is 11.3. The minimum Gasteiger partial charge on any atom is -0.368 e. The molecule has 1 aliphatic heterocycles. The number of hydrogen-bond donors (Lipinski definition) is 2. The second-order valence-electron chi connectivity index (χ2n) is 7.84. The van der Waals surface area contributed by atoms with Crippen molar-refractivity contribution >= 4 is 58.2 Å². The molecule has 2 aromatic rings. The summed E-state index contributed by atoms with van der Waals surface area (Å²) in [5.41, 5.74) is 2.75. The molecule has 1 aliphatic rings. The molecular weight excluding hydrogens is 444 g/mol. The molecule has 168 valence electrons. The van der Waals surface area contributed by atoms with Gasteiger partial charge in [0, 0.05) is 54.6 Å². The molecule has 2 aromatic carbocycles. The van der Waals surface area contributed by atoms with Crippen LogP contribution in [-0.2, 0) is 9.59 Å². The maximum absolute atomic E-state index is 12.1. The summed E-state index contributed by atoms with van der Waals surface area (Å²) in [6, 6.07) is 15.0. The van der Waals surface area contributed by atoms with Crippen molar-refractivity contribution in [1.82, 2.24) is 10.2 Å². The van der Waals surface area contributed by atoms with Gasteiger partial charge in [0.05, 0.1) is 0 Å². The van der Waals surface area contributed by atoms with Gasteiger partial charge in [-0.25, -0.2) is 0 Å². The molecule has 8 heteroatoms. The third-order valence-corrected chi connectivity index (χ3v) is 5.57. The summed E-state index contributed by atoms with van der Waals surface area (Å²) in [6.45, 7) is 6.94. The van der Waals surface area contributed by atoms with Crippen LogP contribution in [0.5, 0.6) is 0 Å². The smallest absolute Gasteiger partial charge is 0.250 e. The number of piperazine rings is 1. The van der Waals surface area contributed by atoms with Crippen LogP contribution in [0.4, 0.5) is 11.4 Å². The van der Waals surface area contributed by atoms with Crippen molar-refractivity contribution in [3.05, 3.63) is 65.2 Å². The van der Waals surface area contributed by atoms with Gasteiger partial charge >= 0.3 is 0 Å². The van der Waals surface area contributed by atoms with Crippen molar-refractivity contribution < 1.29 is 9.59 Å². The first-order valence-electron chi connectivity index (χ1n) is 10.5. The van der Waals surface area contributed by atoms with Gasteiger partial charge in [-0.2, -0.15) is 0 Å². The molecule has 0 saturated carbocycles. The van der Waals surface area contributed by atoms with Gasteiger partial charge in [0.15, 0.2) is 5.11 Å². The molecule has 0 unspecified atom stereocenters. The Morgan fingerprint density at radius 2 is 1.62 bits per heavy atom. The normalized spacial score (nSPS) is 14.0. The molecular formula is C24H27ClN4O2S. The first-order chi connectivity index (χ1) is 15.3. The zero-order valence-corrected chi connectivity index (χ0v) is 19.7. The van der Waals surface area contributed by atoms with Gasteiger partial charge in [0.1, 0.15) is 0 Å². The molecule has 0 spiro atoms. The minimum absolute atomic E-state index is 0.0316. The van der Waals surface area contributed by atoms with Crippen molar-refractivity contribution in [2.75, 3.05) is 36.4 Å². The van der Waals surface area contributed by atoms with Crippen LogP contribution in [0, 0.1) is 5.92 Å². The second-order valence-corrected chi connectivity index (χ2v) is 8.69. The molecule has 3 rings (SSSR count). The number of anilines is 2. The fourth-order valence-corrected chi connectivity index (χ4v) is 3.71. The van der Waals surface area contributed by atoms with E-state index >= 15 is 0 Å². The summed E-state index contributed by atoms with van der Waals surface area (Å²) in [6.07, 6.45) is 3.11. The highest BCUT2D eigenvalue weighted by atomic mass is 35.5. The van der Waals surface area contributed by atoms with Gasteiger partial charge < -0.3 is 15.1 Å². The summed E-state index contributed by atoms with van der Waals surface area (Å²) in [5, 5.41) is 6.52. The zero-order chi connectivity index (χ0) is 23.1. The van der Waals surface area contributed by atoms with Crippen LogP contribution >= 0.6 is 23.8 Å². The number of carbonyl (C=O) groups is 2. The van der Waals surface area contributed by atoms with Crippen LogP contribution in [-0.4, -0.2) is 48.0 Å². The van der Waals surface area contributed by atoms with E-state index in [1.807, 2.05) is 55.1 Å². The fourth-order valence-electron chi connectivity index (χ4n) is 3.37. The molecule has 6 nitrogen and oxygen atoms in total. The third kappa shape index (κ3) is 6.80. The van der Waals surface area contributed by atoms with Crippen LogP contribution in [0.2, 0.25) is 5.02 Å². The monoisotopic (exact) mass is 470 g/mol. The lowest BCUT2D eigenvalue weighted by Crippen LogP contribution is -2.49. The summed E-state index contributed by atoms with van der Waals surface area (Å²) in [7, 11) is 0. The van der Waals surface area contributed by atoms with Gasteiger partial charge in [0.2, 0.25) is 11.8 Å². The summed E-state index contributed by atoms with van der Waals surface area (Å²) < 4.78 is 0. The SMILES string of the molecule is CC(C)C(=O)N1CCN(c2ccc(NC(=S)NC(=O)/C=C/c3ccc(Cl)cc3)cc2)CC1. The average Bonchev–Trinajstić information content (AvgIpc) is 2.78. The molecule has 1 heterocycles. The first kappa shape index (κ1) is 23.8. The van der Waals surface area contributed by atoms with E-state index in [0.717, 1.165) is 43.1 Å². The predicted molar refractivity (Wildman–Crippen MR) is 135 cm³/mol. The molecule has 1 fully saturated rings. The third-order valence-electron chi connectivity index (χ3n) is 5.11. The number of hydrogen-bond acceptors (Lipinski definition) is 4. The zero-order valence-electron chi connectivity index (χ0n) is 18.2. The number of thiocarbonyl (C=S) groups is 1. The minimum atomic E-state index is -0.317. The van der Waals surface area contributed by atoms with Crippen LogP contribution in [0.3, 0.4) is 0 Å². The number of benzene rings is 2. The van der Waals surface area contributed by atoms with Gasteiger partial charge in [-0.05, 0) is 60.3 Å². The summed E-state index contributed by atoms with van der Waals surface area (Å²) in [5.74, 6) is -0.0742. The van der Waals surface area contributed by atoms with Crippen molar-refractivity contribution in [1.29, 1.82) is 0 Å². The average molecular weight is 471 g/mol. The molecule has 0 atom stereocenters. The molecule has 1 saturated heterocycles. The molecule has 0 aliphatic carbocycles. The lowest BCUT2D eigenvalue weighted by molar-refractivity contribution is -0.134. The van der Waals surface area contributed by atoms with E-state index in [1.165, 1.54) is 6.08 Å². The highest BCUT2D eigenvalue weighted by molar-refractivity contribution is 7.80. The topological polar surface area (TPSA) is 64.7 Å². The van der Waals surface area contributed by atoms with Crippen LogP contribution in [0.1, 0.15) is 19.4 Å². The Morgan fingerprint density at radius 3 is 2.22 bits per heavy atom. The number of nitrogens with one attached hydrogen (secondary N) is 2. The Labute approximate surface area is 199 Å². The Bertz CT molecular complexity index is 982. The lowest BCUT2D eigenvalue weighted by Gasteiger charge is -2.37. The Hall–Kier alpha value is -2.90. The standard InChI is InChI=1S/C24H27ClN4O2S/c1-17(2)23(31)29-15-13-28(14-16-29)21-10-8-20(9-11-21)26-24(32)27-22(30)12-5-18-3-6-19(25)7-4-18/h3-12,17H,13-16H2,1-2H3,(H2,26,27,30,32)/b12-5+. The van der Waals surface area contributed by atoms with Crippen molar-refractivity contribution in [2.45, 2.75) is 13.8 Å². The van der Waals surface area contributed by atoms with E-state index in [-0.39, 0.29) is 22.8 Å². The van der Waals surface area contributed by atoms with Gasteiger partial charge in [0.25, 0.3) is 0 Å². The predicted octanol–water partition coefficient (Wildman–Crippen LogP) is 4.17. The molecule has 2 N–H and O–H groups in total. The van der Waals surface area contributed by atoms with Crippen LogP contribution in [0.15, 0.2) is 54.6 Å². The maximum atomic E-state index is 12.1. The fraction of sp³-hybridized carbons (Fsp3) is 0.292. The van der Waals surface area contributed by atoms with E-state index in [2.05, 4.69) is 15.5 Å². The largest absolute Gasteiger partial charge is 0.368 e. The van der Waals surface area contributed by atoms with E-state index < -0.39 is 0 Å². The highest BCUT2D eigenvalue weighted by Gasteiger charge is 2.22. The van der Waals surface area contributed by atoms with E-state index in [1.54, 1.807) is 18.2 Å². The molecule has 0 bridgehead atoms. The number of carbonyl (C=O) groups excluding carboxylic acids is 2. The molecule has 32 heavy (non-hydrogen) atoms.